The molecule has 6 heteroatoms. The van der Waals surface area contributed by atoms with Gasteiger partial charge in [0.1, 0.15) is 0 Å². The zero-order valence-corrected chi connectivity index (χ0v) is 13.7. The van der Waals surface area contributed by atoms with Gasteiger partial charge in [-0.3, -0.25) is 9.11 Å². The molecule has 5 nitrogen and oxygen atoms in total. The first-order valence-electron chi connectivity index (χ1n) is 7.62. The van der Waals surface area contributed by atoms with Gasteiger partial charge in [-0.2, -0.15) is 8.42 Å². The predicted molar refractivity (Wildman–Crippen MR) is 82.3 cm³/mol. The van der Waals surface area contributed by atoms with Gasteiger partial charge in [-0.1, -0.05) is 71.6 Å². The molecule has 0 rings (SSSR count). The van der Waals surface area contributed by atoms with E-state index in [9.17, 15) is 0 Å². The molecule has 0 amide bonds. The number of hydrogen-bond acceptors (Lipinski definition) is 3. The van der Waals surface area contributed by atoms with Crippen LogP contribution in [0.15, 0.2) is 0 Å². The van der Waals surface area contributed by atoms with Gasteiger partial charge in [0.2, 0.25) is 0 Å². The van der Waals surface area contributed by atoms with Gasteiger partial charge in [0.15, 0.2) is 0 Å². The Balaban J connectivity index is 0. The summed E-state index contributed by atoms with van der Waals surface area (Å²) in [6, 6.07) is 0. The Morgan fingerprint density at radius 2 is 1.25 bits per heavy atom. The van der Waals surface area contributed by atoms with Crippen molar-refractivity contribution in [3.8, 4) is 0 Å². The van der Waals surface area contributed by atoms with E-state index in [0.717, 1.165) is 12.3 Å². The van der Waals surface area contributed by atoms with Crippen LogP contribution in [0.25, 0.3) is 0 Å². The van der Waals surface area contributed by atoms with E-state index in [0.29, 0.717) is 6.61 Å². The van der Waals surface area contributed by atoms with Gasteiger partial charge in [0.25, 0.3) is 0 Å². The van der Waals surface area contributed by atoms with Crippen molar-refractivity contribution >= 4 is 10.4 Å². The molecule has 0 bridgehead atoms. The lowest BCUT2D eigenvalue weighted by Gasteiger charge is -2.10. The summed E-state index contributed by atoms with van der Waals surface area (Å²) in [6.07, 6.45) is 13.3. The van der Waals surface area contributed by atoms with E-state index in [-0.39, 0.29) is 0 Å². The molecule has 0 heterocycles. The summed E-state index contributed by atoms with van der Waals surface area (Å²) in [4.78, 5) is 0. The van der Waals surface area contributed by atoms with E-state index in [1.807, 2.05) is 0 Å². The van der Waals surface area contributed by atoms with Crippen LogP contribution < -0.4 is 0 Å². The van der Waals surface area contributed by atoms with Crippen LogP contribution in [0, 0.1) is 5.92 Å². The summed E-state index contributed by atoms with van der Waals surface area (Å²) in [7, 11) is -4.67. The van der Waals surface area contributed by atoms with Crippen molar-refractivity contribution in [1.82, 2.24) is 0 Å². The Morgan fingerprint density at radius 1 is 0.850 bits per heavy atom. The summed E-state index contributed by atoms with van der Waals surface area (Å²) in [5, 5.41) is 8.68. The lowest BCUT2D eigenvalue weighted by atomic mass is 9.97. The molecule has 0 aliphatic heterocycles. The minimum Gasteiger partial charge on any atom is -0.396 e. The molecular weight excluding hydrogens is 280 g/mol. The second-order valence-electron chi connectivity index (χ2n) is 5.33. The van der Waals surface area contributed by atoms with Crippen molar-refractivity contribution in [1.29, 1.82) is 0 Å². The monoisotopic (exact) mass is 312 g/mol. The molecule has 3 N–H and O–H groups in total. The maximum atomic E-state index is 8.74. The number of aliphatic hydroxyl groups is 1. The normalized spacial score (nSPS) is 12.7. The van der Waals surface area contributed by atoms with E-state index in [2.05, 4.69) is 13.8 Å². The molecule has 1 atom stereocenters. The number of rotatable bonds is 11. The Labute approximate surface area is 124 Å². The molecule has 124 valence electrons. The highest BCUT2D eigenvalue weighted by atomic mass is 32.3. The van der Waals surface area contributed by atoms with Crippen molar-refractivity contribution in [3.05, 3.63) is 0 Å². The van der Waals surface area contributed by atoms with Gasteiger partial charge in [-0.05, 0) is 12.3 Å². The third kappa shape index (κ3) is 30.7. The van der Waals surface area contributed by atoms with E-state index < -0.39 is 10.4 Å². The van der Waals surface area contributed by atoms with Crippen LogP contribution in [0.4, 0.5) is 0 Å². The first-order chi connectivity index (χ1) is 9.31. The highest BCUT2D eigenvalue weighted by molar-refractivity contribution is 7.79. The van der Waals surface area contributed by atoms with Gasteiger partial charge in [-0.25, -0.2) is 0 Å². The fraction of sp³-hybridized carbons (Fsp3) is 1.00. The molecule has 20 heavy (non-hydrogen) atoms. The highest BCUT2D eigenvalue weighted by Crippen LogP contribution is 2.16. The van der Waals surface area contributed by atoms with E-state index in [4.69, 9.17) is 22.6 Å². The summed E-state index contributed by atoms with van der Waals surface area (Å²) >= 11 is 0. The predicted octanol–water partition coefficient (Wildman–Crippen LogP) is 3.88. The SMILES string of the molecule is CCCCCCCCC(C)CCCCO.O=S(=O)(O)O. The molecule has 0 aromatic rings. The minimum atomic E-state index is -4.67. The first-order valence-corrected chi connectivity index (χ1v) is 9.01. The average Bonchev–Trinajstić information content (AvgIpc) is 2.32. The van der Waals surface area contributed by atoms with Crippen molar-refractivity contribution in [3.63, 3.8) is 0 Å². The fourth-order valence-electron chi connectivity index (χ4n) is 2.02. The molecule has 0 saturated carbocycles. The zero-order chi connectivity index (χ0) is 15.9. The fourth-order valence-corrected chi connectivity index (χ4v) is 2.02. The Morgan fingerprint density at radius 3 is 1.70 bits per heavy atom. The maximum absolute atomic E-state index is 8.74. The zero-order valence-electron chi connectivity index (χ0n) is 12.9. The molecule has 0 aliphatic carbocycles. The van der Waals surface area contributed by atoms with Crippen LogP contribution in [0.3, 0.4) is 0 Å². The van der Waals surface area contributed by atoms with Crippen LogP contribution in [-0.2, 0) is 10.4 Å². The van der Waals surface area contributed by atoms with Crippen LogP contribution in [0.2, 0.25) is 0 Å². The molecule has 0 aliphatic rings. The molecular formula is C14H32O5S. The minimum absolute atomic E-state index is 0.365. The van der Waals surface area contributed by atoms with E-state index in [1.54, 1.807) is 0 Å². The average molecular weight is 312 g/mol. The maximum Gasteiger partial charge on any atom is 0.394 e. The Bertz CT molecular complexity index is 269. The Kier molecular flexibility index (Phi) is 16.8. The van der Waals surface area contributed by atoms with Gasteiger partial charge < -0.3 is 5.11 Å². The molecule has 0 spiro atoms. The third-order valence-corrected chi connectivity index (χ3v) is 3.16. The molecule has 0 aromatic heterocycles. The number of unbranched alkanes of at least 4 members (excludes halogenated alkanes) is 6. The van der Waals surface area contributed by atoms with E-state index in [1.165, 1.54) is 57.8 Å². The Hall–Kier alpha value is -0.170. The van der Waals surface area contributed by atoms with Crippen LogP contribution in [0.1, 0.15) is 78.1 Å². The number of aliphatic hydroxyl groups excluding tert-OH is 1. The summed E-state index contributed by atoms with van der Waals surface area (Å²) in [6.45, 7) is 4.98. The quantitative estimate of drug-likeness (QED) is 0.397. The molecule has 0 aromatic carbocycles. The topological polar surface area (TPSA) is 94.8 Å². The highest BCUT2D eigenvalue weighted by Gasteiger charge is 2.01. The largest absolute Gasteiger partial charge is 0.396 e. The lowest BCUT2D eigenvalue weighted by molar-refractivity contribution is 0.277. The smallest absolute Gasteiger partial charge is 0.394 e. The summed E-state index contributed by atoms with van der Waals surface area (Å²) in [5.41, 5.74) is 0. The van der Waals surface area contributed by atoms with Crippen LogP contribution >= 0.6 is 0 Å². The van der Waals surface area contributed by atoms with Gasteiger partial charge in [-0.15, -0.1) is 0 Å². The van der Waals surface area contributed by atoms with Crippen molar-refractivity contribution in [2.75, 3.05) is 6.61 Å². The summed E-state index contributed by atoms with van der Waals surface area (Å²) < 4.78 is 31.6. The third-order valence-electron chi connectivity index (χ3n) is 3.16. The molecule has 0 fully saturated rings. The van der Waals surface area contributed by atoms with E-state index >= 15 is 0 Å². The van der Waals surface area contributed by atoms with Gasteiger partial charge in [0.05, 0.1) is 0 Å². The molecule has 1 unspecified atom stereocenters. The lowest BCUT2D eigenvalue weighted by Crippen LogP contribution is -1.96. The summed E-state index contributed by atoms with van der Waals surface area (Å²) in [5.74, 6) is 0.864. The number of hydrogen-bond donors (Lipinski definition) is 3. The van der Waals surface area contributed by atoms with Crippen molar-refractivity contribution < 1.29 is 22.6 Å². The van der Waals surface area contributed by atoms with Crippen LogP contribution in [-0.4, -0.2) is 29.2 Å². The van der Waals surface area contributed by atoms with Crippen LogP contribution in [0.5, 0.6) is 0 Å². The van der Waals surface area contributed by atoms with Crippen molar-refractivity contribution in [2.24, 2.45) is 5.92 Å². The van der Waals surface area contributed by atoms with Gasteiger partial charge in [0, 0.05) is 6.61 Å². The van der Waals surface area contributed by atoms with Gasteiger partial charge >= 0.3 is 10.4 Å². The molecule has 0 saturated heterocycles. The second kappa shape index (κ2) is 15.2. The first kappa shape index (κ1) is 22.1. The second-order valence-corrected chi connectivity index (χ2v) is 6.22. The molecule has 0 radical (unpaired) electrons. The van der Waals surface area contributed by atoms with Crippen molar-refractivity contribution in [2.45, 2.75) is 78.1 Å². The standard InChI is InChI=1S/C14H30O.H2O4S/c1-3-4-5-6-7-8-11-14(2)12-9-10-13-15;1-5(2,3)4/h14-15H,3-13H2,1-2H3;(H2,1,2,3,4).